The summed E-state index contributed by atoms with van der Waals surface area (Å²) in [7, 11) is -2.47. The van der Waals surface area contributed by atoms with Gasteiger partial charge in [0.1, 0.15) is 6.61 Å². The number of hydrogen-bond donors (Lipinski definition) is 1. The van der Waals surface area contributed by atoms with Gasteiger partial charge in [0.05, 0.1) is 24.8 Å². The van der Waals surface area contributed by atoms with E-state index in [-0.39, 0.29) is 11.4 Å². The van der Waals surface area contributed by atoms with Gasteiger partial charge in [-0.05, 0) is 71.6 Å². The second-order valence-electron chi connectivity index (χ2n) is 9.13. The molecule has 0 heterocycles. The van der Waals surface area contributed by atoms with Crippen LogP contribution in [-0.2, 0) is 28.0 Å². The van der Waals surface area contributed by atoms with Crippen molar-refractivity contribution in [2.75, 3.05) is 13.7 Å². The van der Waals surface area contributed by atoms with E-state index in [4.69, 9.17) is 21.1 Å². The van der Waals surface area contributed by atoms with Crippen molar-refractivity contribution in [3.63, 3.8) is 0 Å². The third kappa shape index (κ3) is 8.17. The van der Waals surface area contributed by atoms with Crippen LogP contribution in [0.4, 0.5) is 0 Å². The van der Waals surface area contributed by atoms with Crippen LogP contribution in [0.25, 0.3) is 0 Å². The number of halogens is 1. The summed E-state index contributed by atoms with van der Waals surface area (Å²) >= 11 is 5.95. The molecule has 0 saturated carbocycles. The first kappa shape index (κ1) is 29.8. The fraction of sp³-hybridized carbons (Fsp3) is 0.161. The number of hydrazone groups is 1. The Balaban J connectivity index is 1.44. The van der Waals surface area contributed by atoms with Gasteiger partial charge in [-0.1, -0.05) is 66.2 Å². The maximum absolute atomic E-state index is 13.5. The van der Waals surface area contributed by atoms with Gasteiger partial charge in [0.25, 0.3) is 5.91 Å². The number of sulfonamides is 1. The van der Waals surface area contributed by atoms with E-state index in [1.165, 1.54) is 37.6 Å². The van der Waals surface area contributed by atoms with Crippen molar-refractivity contribution in [1.82, 2.24) is 9.73 Å². The van der Waals surface area contributed by atoms with Gasteiger partial charge in [0.2, 0.25) is 10.0 Å². The van der Waals surface area contributed by atoms with E-state index < -0.39 is 22.5 Å². The maximum Gasteiger partial charge on any atom is 0.255 e. The molecule has 0 saturated heterocycles. The molecule has 4 aromatic carbocycles. The third-order valence-electron chi connectivity index (χ3n) is 6.21. The fourth-order valence-corrected chi connectivity index (χ4v) is 5.45. The zero-order valence-corrected chi connectivity index (χ0v) is 24.2. The molecule has 0 aliphatic rings. The molecule has 0 aliphatic carbocycles. The molecule has 0 unspecified atom stereocenters. The molecule has 1 N–H and O–H groups in total. The van der Waals surface area contributed by atoms with Crippen molar-refractivity contribution in [3.8, 4) is 11.5 Å². The molecular formula is C31H30ClN3O5S. The molecule has 4 rings (SSSR count). The molecule has 4 aromatic rings. The number of rotatable bonds is 12. The summed E-state index contributed by atoms with van der Waals surface area (Å²) in [6.07, 6.45) is 1.45. The van der Waals surface area contributed by atoms with Crippen molar-refractivity contribution >= 4 is 33.7 Å². The number of methoxy groups -OCH3 is 1. The number of amides is 1. The first-order valence-electron chi connectivity index (χ1n) is 12.7. The van der Waals surface area contributed by atoms with Gasteiger partial charge in [-0.25, -0.2) is 13.8 Å². The standard InChI is InChI=1S/C31H30ClN3O5S/c1-23-8-6-7-11-26(23)20-35(41(37,38)28-15-13-27(32)14-16-28)21-31(36)34-33-19-25-12-17-29(30(18-25)39-2)40-22-24-9-4-3-5-10-24/h3-19H,20-22H2,1-2H3,(H,34,36)/b33-19-. The summed E-state index contributed by atoms with van der Waals surface area (Å²) < 4.78 is 39.4. The van der Waals surface area contributed by atoms with E-state index in [0.717, 1.165) is 21.0 Å². The topological polar surface area (TPSA) is 97.3 Å². The van der Waals surface area contributed by atoms with Crippen LogP contribution >= 0.6 is 11.6 Å². The minimum Gasteiger partial charge on any atom is -0.493 e. The van der Waals surface area contributed by atoms with Gasteiger partial charge < -0.3 is 9.47 Å². The Morgan fingerprint density at radius 3 is 2.37 bits per heavy atom. The predicted octanol–water partition coefficient (Wildman–Crippen LogP) is 5.58. The molecule has 0 radical (unpaired) electrons. The Morgan fingerprint density at radius 2 is 1.66 bits per heavy atom. The van der Waals surface area contributed by atoms with Crippen LogP contribution in [0.5, 0.6) is 11.5 Å². The molecular weight excluding hydrogens is 562 g/mol. The number of nitrogens with zero attached hydrogens (tertiary/aromatic N) is 2. The highest BCUT2D eigenvalue weighted by molar-refractivity contribution is 7.89. The van der Waals surface area contributed by atoms with E-state index in [1.807, 2.05) is 61.5 Å². The second kappa shape index (κ2) is 13.9. The number of carbonyl (C=O) groups is 1. The highest BCUT2D eigenvalue weighted by Gasteiger charge is 2.27. The lowest BCUT2D eigenvalue weighted by Gasteiger charge is -2.22. The normalized spacial score (nSPS) is 11.5. The molecule has 212 valence electrons. The van der Waals surface area contributed by atoms with Crippen molar-refractivity contribution in [2.45, 2.75) is 25.0 Å². The van der Waals surface area contributed by atoms with Gasteiger partial charge in [0.15, 0.2) is 11.5 Å². The molecule has 1 amide bonds. The number of aryl methyl sites for hydroxylation is 1. The van der Waals surface area contributed by atoms with Crippen LogP contribution < -0.4 is 14.9 Å². The molecule has 0 aliphatic heterocycles. The molecule has 41 heavy (non-hydrogen) atoms. The smallest absolute Gasteiger partial charge is 0.255 e. The monoisotopic (exact) mass is 591 g/mol. The second-order valence-corrected chi connectivity index (χ2v) is 11.5. The quantitative estimate of drug-likeness (QED) is 0.171. The molecule has 0 fully saturated rings. The van der Waals surface area contributed by atoms with Gasteiger partial charge in [-0.2, -0.15) is 9.41 Å². The third-order valence-corrected chi connectivity index (χ3v) is 8.26. The summed E-state index contributed by atoms with van der Waals surface area (Å²) in [5, 5.41) is 4.44. The van der Waals surface area contributed by atoms with Crippen molar-refractivity contribution in [3.05, 3.63) is 124 Å². The van der Waals surface area contributed by atoms with Crippen LogP contribution in [0.1, 0.15) is 22.3 Å². The van der Waals surface area contributed by atoms with E-state index in [2.05, 4.69) is 10.5 Å². The Labute approximate surface area is 245 Å². The first-order valence-corrected chi connectivity index (χ1v) is 14.5. The van der Waals surface area contributed by atoms with Gasteiger partial charge in [-0.3, -0.25) is 4.79 Å². The molecule has 8 nitrogen and oxygen atoms in total. The Hall–Kier alpha value is -4.18. The Morgan fingerprint density at radius 1 is 0.951 bits per heavy atom. The van der Waals surface area contributed by atoms with Gasteiger partial charge >= 0.3 is 0 Å². The number of carbonyl (C=O) groups excluding carboxylic acids is 1. The lowest BCUT2D eigenvalue weighted by atomic mass is 10.1. The minimum atomic E-state index is -4.01. The van der Waals surface area contributed by atoms with Crippen LogP contribution in [0.15, 0.2) is 107 Å². The summed E-state index contributed by atoms with van der Waals surface area (Å²) in [5.74, 6) is 0.480. The van der Waals surface area contributed by atoms with Crippen molar-refractivity contribution in [2.24, 2.45) is 5.10 Å². The highest BCUT2D eigenvalue weighted by atomic mass is 35.5. The Kier molecular flexibility index (Phi) is 10.1. The number of nitrogens with one attached hydrogen (secondary N) is 1. The molecule has 0 aromatic heterocycles. The Bertz CT molecular complexity index is 1610. The van der Waals surface area contributed by atoms with E-state index in [0.29, 0.717) is 28.7 Å². The fourth-order valence-electron chi connectivity index (χ4n) is 3.95. The predicted molar refractivity (Wildman–Crippen MR) is 160 cm³/mol. The lowest BCUT2D eigenvalue weighted by Crippen LogP contribution is -2.39. The van der Waals surface area contributed by atoms with Crippen LogP contribution in [0.2, 0.25) is 5.02 Å². The molecule has 0 atom stereocenters. The molecule has 0 spiro atoms. The van der Waals surface area contributed by atoms with Crippen LogP contribution in [0.3, 0.4) is 0 Å². The van der Waals surface area contributed by atoms with Gasteiger partial charge in [0, 0.05) is 11.6 Å². The molecule has 0 bridgehead atoms. The zero-order chi connectivity index (χ0) is 29.2. The van der Waals surface area contributed by atoms with E-state index in [9.17, 15) is 13.2 Å². The number of hydrogen-bond acceptors (Lipinski definition) is 6. The summed E-state index contributed by atoms with van der Waals surface area (Å²) in [4.78, 5) is 12.9. The summed E-state index contributed by atoms with van der Waals surface area (Å²) in [6.45, 7) is 1.85. The number of benzene rings is 4. The average molecular weight is 592 g/mol. The van der Waals surface area contributed by atoms with Crippen molar-refractivity contribution < 1.29 is 22.7 Å². The molecule has 10 heteroatoms. The highest BCUT2D eigenvalue weighted by Crippen LogP contribution is 2.28. The SMILES string of the molecule is COc1cc(/C=N\NC(=O)CN(Cc2ccccc2C)S(=O)(=O)c2ccc(Cl)cc2)ccc1OCc1ccccc1. The van der Waals surface area contributed by atoms with Crippen LogP contribution in [-0.4, -0.2) is 38.5 Å². The first-order chi connectivity index (χ1) is 19.8. The summed E-state index contributed by atoms with van der Waals surface area (Å²) in [5.41, 5.74) is 5.79. The van der Waals surface area contributed by atoms with Crippen molar-refractivity contribution in [1.29, 1.82) is 0 Å². The summed E-state index contributed by atoms with van der Waals surface area (Å²) in [6, 6.07) is 28.3. The zero-order valence-electron chi connectivity index (χ0n) is 22.7. The largest absolute Gasteiger partial charge is 0.493 e. The number of ether oxygens (including phenoxy) is 2. The minimum absolute atomic E-state index is 0.0103. The van der Waals surface area contributed by atoms with Crippen LogP contribution in [0, 0.1) is 6.92 Å². The maximum atomic E-state index is 13.5. The average Bonchev–Trinajstić information content (AvgIpc) is 2.98. The van der Waals surface area contributed by atoms with E-state index in [1.54, 1.807) is 18.2 Å². The van der Waals surface area contributed by atoms with E-state index >= 15 is 0 Å². The lowest BCUT2D eigenvalue weighted by molar-refractivity contribution is -0.121. The van der Waals surface area contributed by atoms with Gasteiger partial charge in [-0.15, -0.1) is 0 Å².